The number of halogens is 2. The minimum atomic E-state index is 0. The van der Waals surface area contributed by atoms with Crippen LogP contribution >= 0.6 is 35.6 Å². The first-order chi connectivity index (χ1) is 10.7. The van der Waals surface area contributed by atoms with Gasteiger partial charge in [-0.3, -0.25) is 4.99 Å². The Bertz CT molecular complexity index is 487. The molecule has 0 saturated carbocycles. The standard InChI is InChI=1S/C17H27ClN4.HI/c1-14-6-9-22(10-7-14)11-8-20-17(19-2)21-13-15-4-3-5-16(18)12-15;/h3-5,12,14H,6-11,13H2,1-2H3,(H2,19,20,21);1H. The van der Waals surface area contributed by atoms with E-state index in [1.54, 1.807) is 7.05 Å². The maximum Gasteiger partial charge on any atom is 0.191 e. The first-order valence-corrected chi connectivity index (χ1v) is 8.46. The van der Waals surface area contributed by atoms with Crippen LogP contribution in [0.2, 0.25) is 5.02 Å². The lowest BCUT2D eigenvalue weighted by atomic mass is 9.99. The largest absolute Gasteiger partial charge is 0.355 e. The lowest BCUT2D eigenvalue weighted by Crippen LogP contribution is -2.43. The molecule has 130 valence electrons. The molecule has 0 bridgehead atoms. The van der Waals surface area contributed by atoms with Gasteiger partial charge < -0.3 is 15.5 Å². The summed E-state index contributed by atoms with van der Waals surface area (Å²) in [5.41, 5.74) is 1.15. The van der Waals surface area contributed by atoms with E-state index >= 15 is 0 Å². The first-order valence-electron chi connectivity index (χ1n) is 8.08. The number of nitrogens with zero attached hydrogens (tertiary/aromatic N) is 2. The molecule has 2 rings (SSSR count). The van der Waals surface area contributed by atoms with Gasteiger partial charge in [0.2, 0.25) is 0 Å². The van der Waals surface area contributed by atoms with Crippen LogP contribution in [0.3, 0.4) is 0 Å². The van der Waals surface area contributed by atoms with Crippen molar-refractivity contribution in [2.75, 3.05) is 33.2 Å². The number of hydrogen-bond donors (Lipinski definition) is 2. The molecule has 0 aromatic heterocycles. The summed E-state index contributed by atoms with van der Waals surface area (Å²) in [5.74, 6) is 1.72. The van der Waals surface area contributed by atoms with Crippen LogP contribution in [0.25, 0.3) is 0 Å². The van der Waals surface area contributed by atoms with E-state index in [0.29, 0.717) is 0 Å². The van der Waals surface area contributed by atoms with Crippen LogP contribution in [0, 0.1) is 5.92 Å². The summed E-state index contributed by atoms with van der Waals surface area (Å²) >= 11 is 5.99. The predicted molar refractivity (Wildman–Crippen MR) is 110 cm³/mol. The van der Waals surface area contributed by atoms with Gasteiger partial charge in [0.05, 0.1) is 0 Å². The highest BCUT2D eigenvalue weighted by molar-refractivity contribution is 14.0. The van der Waals surface area contributed by atoms with Crippen LogP contribution in [-0.2, 0) is 6.54 Å². The maximum absolute atomic E-state index is 5.99. The number of hydrogen-bond acceptors (Lipinski definition) is 2. The van der Waals surface area contributed by atoms with Crippen molar-refractivity contribution < 1.29 is 0 Å². The van der Waals surface area contributed by atoms with Gasteiger partial charge in [0.15, 0.2) is 5.96 Å². The molecule has 0 amide bonds. The van der Waals surface area contributed by atoms with Crippen molar-refractivity contribution in [3.05, 3.63) is 34.9 Å². The Balaban J connectivity index is 0.00000264. The Hall–Kier alpha value is -0.530. The molecule has 1 saturated heterocycles. The first kappa shape index (κ1) is 20.5. The van der Waals surface area contributed by atoms with Crippen molar-refractivity contribution in [3.63, 3.8) is 0 Å². The van der Waals surface area contributed by atoms with Gasteiger partial charge in [0.1, 0.15) is 0 Å². The monoisotopic (exact) mass is 450 g/mol. The number of nitrogens with one attached hydrogen (secondary N) is 2. The van der Waals surface area contributed by atoms with Gasteiger partial charge in [-0.2, -0.15) is 0 Å². The second kappa shape index (κ2) is 11.1. The molecule has 23 heavy (non-hydrogen) atoms. The lowest BCUT2D eigenvalue weighted by Gasteiger charge is -2.30. The van der Waals surface area contributed by atoms with Gasteiger partial charge >= 0.3 is 0 Å². The molecule has 0 atom stereocenters. The fourth-order valence-electron chi connectivity index (χ4n) is 2.67. The Morgan fingerprint density at radius 1 is 1.30 bits per heavy atom. The molecule has 1 aromatic rings. The highest BCUT2D eigenvalue weighted by Gasteiger charge is 2.14. The van der Waals surface area contributed by atoms with Gasteiger partial charge in [0.25, 0.3) is 0 Å². The maximum atomic E-state index is 5.99. The van der Waals surface area contributed by atoms with E-state index in [-0.39, 0.29) is 24.0 Å². The molecule has 0 unspecified atom stereocenters. The highest BCUT2D eigenvalue weighted by Crippen LogP contribution is 2.15. The third kappa shape index (κ3) is 7.72. The number of aliphatic imine (C=N–C) groups is 1. The number of piperidine rings is 1. The molecule has 2 N–H and O–H groups in total. The Morgan fingerprint density at radius 3 is 2.70 bits per heavy atom. The second-order valence-corrected chi connectivity index (χ2v) is 6.44. The van der Waals surface area contributed by atoms with Crippen molar-refractivity contribution >= 4 is 41.5 Å². The van der Waals surface area contributed by atoms with Crippen LogP contribution in [0.15, 0.2) is 29.3 Å². The molecule has 6 heteroatoms. The van der Waals surface area contributed by atoms with Crippen LogP contribution < -0.4 is 10.6 Å². The summed E-state index contributed by atoms with van der Waals surface area (Å²) in [6, 6.07) is 7.88. The van der Waals surface area contributed by atoms with Gasteiger partial charge in [-0.1, -0.05) is 30.7 Å². The van der Waals surface area contributed by atoms with Gasteiger partial charge in [0, 0.05) is 31.7 Å². The molecule has 4 nitrogen and oxygen atoms in total. The number of benzene rings is 1. The zero-order valence-electron chi connectivity index (χ0n) is 14.0. The molecule has 0 aliphatic carbocycles. The number of rotatable bonds is 5. The molecule has 1 aliphatic rings. The smallest absolute Gasteiger partial charge is 0.191 e. The molecule has 1 fully saturated rings. The summed E-state index contributed by atoms with van der Waals surface area (Å²) in [6.07, 6.45) is 2.64. The SMILES string of the molecule is CN=C(NCCN1CCC(C)CC1)NCc1cccc(Cl)c1.I. The molecule has 1 heterocycles. The van der Waals surface area contributed by atoms with Crippen LogP contribution in [-0.4, -0.2) is 44.1 Å². The average molecular weight is 451 g/mol. The van der Waals surface area contributed by atoms with E-state index < -0.39 is 0 Å². The Labute approximate surface area is 162 Å². The molecule has 1 aliphatic heterocycles. The van der Waals surface area contributed by atoms with Crippen molar-refractivity contribution in [3.8, 4) is 0 Å². The van der Waals surface area contributed by atoms with Crippen LogP contribution in [0.5, 0.6) is 0 Å². The third-order valence-corrected chi connectivity index (χ3v) is 4.40. The lowest BCUT2D eigenvalue weighted by molar-refractivity contribution is 0.195. The van der Waals surface area contributed by atoms with E-state index in [9.17, 15) is 0 Å². The highest BCUT2D eigenvalue weighted by atomic mass is 127. The number of guanidine groups is 1. The predicted octanol–water partition coefficient (Wildman–Crippen LogP) is 3.35. The Kier molecular flexibility index (Phi) is 9.90. The summed E-state index contributed by atoms with van der Waals surface area (Å²) < 4.78 is 0. The topological polar surface area (TPSA) is 39.7 Å². The fourth-order valence-corrected chi connectivity index (χ4v) is 2.88. The third-order valence-electron chi connectivity index (χ3n) is 4.17. The van der Waals surface area contributed by atoms with Crippen LogP contribution in [0.1, 0.15) is 25.3 Å². The summed E-state index contributed by atoms with van der Waals surface area (Å²) in [4.78, 5) is 6.79. The van der Waals surface area contributed by atoms with Gasteiger partial charge in [-0.25, -0.2) is 0 Å². The van der Waals surface area contributed by atoms with Crippen molar-refractivity contribution in [1.82, 2.24) is 15.5 Å². The summed E-state index contributed by atoms with van der Waals surface area (Å²) in [5, 5.41) is 7.46. The average Bonchev–Trinajstić information content (AvgIpc) is 2.52. The van der Waals surface area contributed by atoms with E-state index in [1.165, 1.54) is 25.9 Å². The van der Waals surface area contributed by atoms with E-state index in [2.05, 4.69) is 33.5 Å². The minimum Gasteiger partial charge on any atom is -0.355 e. The van der Waals surface area contributed by atoms with E-state index in [0.717, 1.165) is 42.1 Å². The van der Waals surface area contributed by atoms with Gasteiger partial charge in [-0.15, -0.1) is 24.0 Å². The van der Waals surface area contributed by atoms with Crippen molar-refractivity contribution in [2.45, 2.75) is 26.3 Å². The molecule has 0 spiro atoms. The Morgan fingerprint density at radius 2 is 2.04 bits per heavy atom. The zero-order valence-corrected chi connectivity index (χ0v) is 17.1. The van der Waals surface area contributed by atoms with Gasteiger partial charge in [-0.05, 0) is 49.5 Å². The van der Waals surface area contributed by atoms with Crippen molar-refractivity contribution in [2.24, 2.45) is 10.9 Å². The molecule has 0 radical (unpaired) electrons. The fraction of sp³-hybridized carbons (Fsp3) is 0.588. The second-order valence-electron chi connectivity index (χ2n) is 6.01. The molecular weight excluding hydrogens is 423 g/mol. The number of likely N-dealkylation sites (tertiary alicyclic amines) is 1. The summed E-state index contributed by atoms with van der Waals surface area (Å²) in [7, 11) is 1.80. The molecule has 1 aromatic carbocycles. The zero-order chi connectivity index (χ0) is 15.8. The normalized spacial score (nSPS) is 16.7. The summed E-state index contributed by atoms with van der Waals surface area (Å²) in [6.45, 7) is 7.50. The van der Waals surface area contributed by atoms with E-state index in [1.807, 2.05) is 18.2 Å². The van der Waals surface area contributed by atoms with E-state index in [4.69, 9.17) is 11.6 Å². The van der Waals surface area contributed by atoms with Crippen LogP contribution in [0.4, 0.5) is 0 Å². The minimum absolute atomic E-state index is 0. The quantitative estimate of drug-likeness (QED) is 0.410. The van der Waals surface area contributed by atoms with Crippen molar-refractivity contribution in [1.29, 1.82) is 0 Å². The molecular formula is C17H28ClIN4.